The Morgan fingerprint density at radius 2 is 1.67 bits per heavy atom. The first-order valence-electron chi connectivity index (χ1n) is 16.4. The van der Waals surface area contributed by atoms with E-state index in [9.17, 15) is 22.8 Å². The zero-order valence-electron chi connectivity index (χ0n) is 27.0. The number of fused-ring (bicyclic) bond motifs is 1. The summed E-state index contributed by atoms with van der Waals surface area (Å²) >= 11 is 0. The van der Waals surface area contributed by atoms with Crippen LogP contribution in [-0.2, 0) is 30.8 Å². The van der Waals surface area contributed by atoms with Crippen LogP contribution in [0.15, 0.2) is 70.4 Å². The largest absolute Gasteiger partial charge is 0.379 e. The smallest absolute Gasteiger partial charge is 0.323 e. The van der Waals surface area contributed by atoms with Gasteiger partial charge < -0.3 is 31.1 Å². The van der Waals surface area contributed by atoms with Gasteiger partial charge in [0, 0.05) is 31.1 Å². The number of morpholine rings is 1. The normalized spacial score (nSPS) is 19.5. The first-order valence-corrected chi connectivity index (χ1v) is 17.9. The van der Waals surface area contributed by atoms with Gasteiger partial charge in [0.2, 0.25) is 21.8 Å². The second-order valence-electron chi connectivity index (χ2n) is 12.7. The number of amides is 2. The fraction of sp³-hybridized carbons (Fsp3) is 0.400. The lowest BCUT2D eigenvalue weighted by atomic mass is 9.81. The number of benzene rings is 3. The van der Waals surface area contributed by atoms with Crippen molar-refractivity contribution in [1.29, 1.82) is 0 Å². The highest BCUT2D eigenvalue weighted by atomic mass is 32.2. The molecule has 6 N–H and O–H groups in total. The number of sulfonamides is 1. The van der Waals surface area contributed by atoms with Crippen molar-refractivity contribution in [2.75, 3.05) is 38.2 Å². The number of aromatic nitrogens is 2. The quantitative estimate of drug-likeness (QED) is 0.171. The fourth-order valence-corrected chi connectivity index (χ4v) is 8.00. The number of hydrogen-bond donors (Lipinski definition) is 5. The van der Waals surface area contributed by atoms with Gasteiger partial charge in [-0.05, 0) is 97.7 Å². The van der Waals surface area contributed by atoms with Gasteiger partial charge in [-0.1, -0.05) is 30.3 Å². The number of nitrogens with two attached hydrogens (primary N) is 1. The molecule has 1 atom stereocenters. The molecule has 12 nitrogen and oxygen atoms in total. The van der Waals surface area contributed by atoms with Crippen LogP contribution in [0.1, 0.15) is 36.8 Å². The molecule has 13 heteroatoms. The van der Waals surface area contributed by atoms with Crippen LogP contribution >= 0.6 is 0 Å². The summed E-state index contributed by atoms with van der Waals surface area (Å²) in [5.41, 5.74) is 10.6. The van der Waals surface area contributed by atoms with Crippen molar-refractivity contribution < 1.29 is 22.7 Å². The summed E-state index contributed by atoms with van der Waals surface area (Å²) in [6.07, 6.45) is 3.47. The van der Waals surface area contributed by atoms with Crippen LogP contribution in [0.25, 0.3) is 22.2 Å². The van der Waals surface area contributed by atoms with E-state index in [0.29, 0.717) is 55.5 Å². The number of nitrogens with zero attached hydrogens (tertiary/aromatic N) is 1. The molecular weight excluding hydrogens is 632 g/mol. The number of imidazole rings is 1. The maximum atomic E-state index is 13.7. The predicted molar refractivity (Wildman–Crippen MR) is 184 cm³/mol. The van der Waals surface area contributed by atoms with Gasteiger partial charge in [0.15, 0.2) is 0 Å². The lowest BCUT2D eigenvalue weighted by Gasteiger charge is -2.28. The van der Waals surface area contributed by atoms with Crippen molar-refractivity contribution in [3.8, 4) is 11.1 Å². The summed E-state index contributed by atoms with van der Waals surface area (Å²) in [7, 11) is -3.66. The molecule has 1 aromatic heterocycles. The monoisotopic (exact) mass is 674 g/mol. The van der Waals surface area contributed by atoms with Gasteiger partial charge in [0.25, 0.3) is 0 Å². The van der Waals surface area contributed by atoms with E-state index in [1.54, 1.807) is 30.3 Å². The Bertz CT molecular complexity index is 1940. The Labute approximate surface area is 279 Å². The van der Waals surface area contributed by atoms with Crippen LogP contribution in [0.4, 0.5) is 5.69 Å². The highest BCUT2D eigenvalue weighted by Gasteiger charge is 2.30. The van der Waals surface area contributed by atoms with Gasteiger partial charge in [-0.2, -0.15) is 4.31 Å². The molecule has 2 fully saturated rings. The second-order valence-corrected chi connectivity index (χ2v) is 14.7. The number of nitrogens with one attached hydrogen (secondary N) is 4. The Kier molecular flexibility index (Phi) is 10.1. The lowest BCUT2D eigenvalue weighted by molar-refractivity contribution is -0.130. The van der Waals surface area contributed by atoms with Gasteiger partial charge in [-0.3, -0.25) is 9.59 Å². The molecular formula is C35H42N6O6S. The Hall–Kier alpha value is -4.30. The molecule has 0 radical (unpaired) electrons. The zero-order valence-corrected chi connectivity index (χ0v) is 27.8. The second kappa shape index (κ2) is 14.4. The molecule has 0 spiro atoms. The van der Waals surface area contributed by atoms with Gasteiger partial charge >= 0.3 is 5.69 Å². The molecule has 0 bridgehead atoms. The van der Waals surface area contributed by atoms with E-state index in [1.165, 1.54) is 4.31 Å². The van der Waals surface area contributed by atoms with Crippen molar-refractivity contribution in [1.82, 2.24) is 19.6 Å². The average molecular weight is 675 g/mol. The van der Waals surface area contributed by atoms with Gasteiger partial charge in [-0.15, -0.1) is 0 Å². The van der Waals surface area contributed by atoms with Crippen LogP contribution < -0.4 is 22.1 Å². The van der Waals surface area contributed by atoms with E-state index < -0.39 is 16.1 Å². The SMILES string of the molecule is Cc1ccc(S(=O)(=O)N2CCOCC2)cc1-c1ccc(C[C@H](NC(=O)C2CCC(CN)CC2)C(=O)Nc2ccc3[nH]c(=O)[nH]c3c2)cc1. The van der Waals surface area contributed by atoms with Crippen molar-refractivity contribution >= 4 is 38.6 Å². The van der Waals surface area contributed by atoms with Gasteiger partial charge in [0.1, 0.15) is 6.04 Å². The zero-order chi connectivity index (χ0) is 33.8. The van der Waals surface area contributed by atoms with Crippen LogP contribution in [0.3, 0.4) is 0 Å². The number of aromatic amines is 2. The summed E-state index contributed by atoms with van der Waals surface area (Å²) in [5, 5.41) is 5.92. The minimum Gasteiger partial charge on any atom is -0.379 e. The van der Waals surface area contributed by atoms with Crippen LogP contribution in [0.2, 0.25) is 0 Å². The number of aryl methyl sites for hydroxylation is 1. The third-order valence-corrected chi connectivity index (χ3v) is 11.4. The molecule has 2 amide bonds. The highest BCUT2D eigenvalue weighted by Crippen LogP contribution is 2.30. The van der Waals surface area contributed by atoms with Crippen molar-refractivity contribution in [3.05, 3.63) is 82.3 Å². The summed E-state index contributed by atoms with van der Waals surface area (Å²) < 4.78 is 33.4. The highest BCUT2D eigenvalue weighted by molar-refractivity contribution is 7.89. The number of carbonyl (C=O) groups is 2. The molecule has 2 heterocycles. The van der Waals surface area contributed by atoms with E-state index in [2.05, 4.69) is 20.6 Å². The van der Waals surface area contributed by atoms with E-state index in [-0.39, 0.29) is 34.7 Å². The van der Waals surface area contributed by atoms with Gasteiger partial charge in [0.05, 0.1) is 29.1 Å². The van der Waals surface area contributed by atoms with Crippen LogP contribution in [0.5, 0.6) is 0 Å². The first kappa shape index (κ1) is 33.6. The molecule has 3 aromatic carbocycles. The number of ether oxygens (including phenoxy) is 1. The number of rotatable bonds is 10. The van der Waals surface area contributed by atoms with Gasteiger partial charge in [-0.25, -0.2) is 13.2 Å². The van der Waals surface area contributed by atoms with Crippen LogP contribution in [-0.4, -0.2) is 73.4 Å². The van der Waals surface area contributed by atoms with Crippen molar-refractivity contribution in [2.24, 2.45) is 17.6 Å². The number of anilines is 1. The third-order valence-electron chi connectivity index (χ3n) is 9.49. The Balaban J connectivity index is 1.21. The number of hydrogen-bond acceptors (Lipinski definition) is 7. The fourth-order valence-electron chi connectivity index (χ4n) is 6.56. The number of carbonyl (C=O) groups excluding carboxylic acids is 2. The molecule has 254 valence electrons. The molecule has 0 unspecified atom stereocenters. The summed E-state index contributed by atoms with van der Waals surface area (Å²) in [4.78, 5) is 44.4. The maximum Gasteiger partial charge on any atom is 0.323 e. The molecule has 6 rings (SSSR count). The summed E-state index contributed by atoms with van der Waals surface area (Å²) in [6, 6.07) is 17.0. The maximum absolute atomic E-state index is 13.7. The first-order chi connectivity index (χ1) is 23.1. The molecule has 2 aliphatic rings. The van der Waals surface area contributed by atoms with E-state index in [0.717, 1.165) is 47.9 Å². The molecule has 1 aliphatic heterocycles. The molecule has 48 heavy (non-hydrogen) atoms. The minimum absolute atomic E-state index is 0.151. The third kappa shape index (κ3) is 7.54. The van der Waals surface area contributed by atoms with E-state index >= 15 is 0 Å². The predicted octanol–water partition coefficient (Wildman–Crippen LogP) is 3.28. The molecule has 1 aliphatic carbocycles. The lowest BCUT2D eigenvalue weighted by Crippen LogP contribution is -2.48. The van der Waals surface area contributed by atoms with Crippen molar-refractivity contribution in [3.63, 3.8) is 0 Å². The summed E-state index contributed by atoms with van der Waals surface area (Å²) in [6.45, 7) is 3.93. The van der Waals surface area contributed by atoms with Crippen molar-refractivity contribution in [2.45, 2.75) is 50.0 Å². The molecule has 4 aromatic rings. The minimum atomic E-state index is -3.66. The standard InChI is InChI=1S/C35H42N6O6S/c1-22-2-12-28(48(45,46)41-14-16-47-17-15-41)20-29(22)25-7-3-23(4-8-25)18-32(38-33(42)26-9-5-24(21-36)6-10-26)34(43)37-27-11-13-30-31(19-27)40-35(44)39-30/h2-4,7-8,11-13,19-20,24,26,32H,5-6,9-10,14-18,21,36H2,1H3,(H,37,43)(H,38,42)(H2,39,40,44)/t24?,26?,32-/m0/s1. The van der Waals surface area contributed by atoms with Crippen LogP contribution in [0, 0.1) is 18.8 Å². The Morgan fingerprint density at radius 3 is 2.38 bits per heavy atom. The summed E-state index contributed by atoms with van der Waals surface area (Å²) in [5.74, 6) is -0.292. The number of H-pyrrole nitrogens is 2. The molecule has 1 saturated heterocycles. The average Bonchev–Trinajstić information content (AvgIpc) is 3.48. The topological polar surface area (TPSA) is 179 Å². The molecule has 1 saturated carbocycles. The Morgan fingerprint density at radius 1 is 0.958 bits per heavy atom. The van der Waals surface area contributed by atoms with E-state index in [4.69, 9.17) is 10.5 Å². The van der Waals surface area contributed by atoms with E-state index in [1.807, 2.05) is 37.3 Å².